The average Bonchev–Trinajstić information content (AvgIpc) is 3.45. The summed E-state index contributed by atoms with van der Waals surface area (Å²) < 4.78 is 15.7. The normalized spacial score (nSPS) is 17.4. The maximum atomic E-state index is 13.7. The minimum absolute atomic E-state index is 0.0430. The summed E-state index contributed by atoms with van der Waals surface area (Å²) in [7, 11) is -4.78. The molecule has 1 saturated heterocycles. The molecule has 1 aliphatic heterocycles. The number of phosphoric ester groups is 1. The molecule has 0 aromatic heterocycles. The Balaban J connectivity index is 2.19. The molecule has 1 fully saturated rings. The van der Waals surface area contributed by atoms with Crippen LogP contribution in [-0.2, 0) is 33.3 Å². The highest BCUT2D eigenvalue weighted by Gasteiger charge is 2.39. The minimum Gasteiger partial charge on any atom is -0.404 e. The molecule has 0 bridgehead atoms. The van der Waals surface area contributed by atoms with E-state index in [4.69, 9.17) is 21.3 Å². The number of carbonyl (C=O) groups is 6. The first kappa shape index (κ1) is 38.9. The molecule has 0 aliphatic carbocycles. The van der Waals surface area contributed by atoms with Crippen LogP contribution < -0.4 is 31.9 Å². The van der Waals surface area contributed by atoms with E-state index in [1.165, 1.54) is 36.1 Å². The van der Waals surface area contributed by atoms with E-state index in [0.29, 0.717) is 12.0 Å². The first-order valence-corrected chi connectivity index (χ1v) is 16.4. The van der Waals surface area contributed by atoms with Gasteiger partial charge in [0.25, 0.3) is 0 Å². The van der Waals surface area contributed by atoms with Gasteiger partial charge in [-0.05, 0) is 62.3 Å². The molecule has 0 unspecified atom stereocenters. The third-order valence-corrected chi connectivity index (χ3v) is 7.52. The zero-order valence-corrected chi connectivity index (χ0v) is 27.2. The van der Waals surface area contributed by atoms with Gasteiger partial charge in [-0.3, -0.25) is 38.6 Å². The van der Waals surface area contributed by atoms with Gasteiger partial charge in [-0.2, -0.15) is 0 Å². The Morgan fingerprint density at radius 3 is 2.32 bits per heavy atom. The summed E-state index contributed by atoms with van der Waals surface area (Å²) in [6, 6.07) is 0.809. The number of nitrogens with two attached hydrogens (primary N) is 2. The molecule has 260 valence electrons. The van der Waals surface area contributed by atoms with Crippen molar-refractivity contribution in [1.82, 2.24) is 20.9 Å². The molecule has 17 nitrogen and oxygen atoms in total. The van der Waals surface area contributed by atoms with E-state index in [1.54, 1.807) is 6.07 Å². The standard InChI is InChI=1S/C29H43N6O11P/c1-16(2)14-21(32-24(38)12-9-18-6-4-7-19(15-18)46-47(43,44)45)29(42)35-13-5-8-22(35)28(41)33-20(10-11-23(30)37)27(40)34-25(17(3)36)26(31)39/h4,6-7,9,12,15-17,20-22,25,36H,5,8,10-11,13-14H2,1-3H3,(H2,30,37)(H2,31,39)(H,32,38)(H,33,41)(H,34,40)(H2,43,44,45)/b12-9+/t17-,20+,21+,22+,25+/m1/s1. The number of rotatable bonds is 17. The van der Waals surface area contributed by atoms with E-state index in [0.717, 1.165) is 6.08 Å². The zero-order valence-electron chi connectivity index (χ0n) is 26.3. The Hall–Kier alpha value is -4.31. The Morgan fingerprint density at radius 1 is 1.06 bits per heavy atom. The van der Waals surface area contributed by atoms with E-state index in [1.807, 2.05) is 13.8 Å². The highest BCUT2D eigenvalue weighted by Crippen LogP contribution is 2.37. The topological polar surface area (TPSA) is 281 Å². The Labute approximate surface area is 271 Å². The number of carbonyl (C=O) groups excluding carboxylic acids is 6. The molecule has 10 N–H and O–H groups in total. The molecule has 18 heteroatoms. The molecule has 6 amide bonds. The Bertz CT molecular complexity index is 1400. The lowest BCUT2D eigenvalue weighted by atomic mass is 10.0. The van der Waals surface area contributed by atoms with Crippen LogP contribution in [0.4, 0.5) is 0 Å². The maximum Gasteiger partial charge on any atom is 0.524 e. The van der Waals surface area contributed by atoms with Crippen molar-refractivity contribution < 1.29 is 52.7 Å². The lowest BCUT2D eigenvalue weighted by molar-refractivity contribution is -0.142. The van der Waals surface area contributed by atoms with E-state index in [-0.39, 0.29) is 43.9 Å². The van der Waals surface area contributed by atoms with Crippen molar-refractivity contribution in [3.63, 3.8) is 0 Å². The summed E-state index contributed by atoms with van der Waals surface area (Å²) in [5.74, 6) is -4.70. The lowest BCUT2D eigenvalue weighted by Crippen LogP contribution is -2.59. The van der Waals surface area contributed by atoms with Gasteiger partial charge in [-0.15, -0.1) is 0 Å². The molecule has 0 spiro atoms. The van der Waals surface area contributed by atoms with Gasteiger partial charge in [-0.25, -0.2) is 4.57 Å². The van der Waals surface area contributed by atoms with E-state index < -0.39 is 73.5 Å². The quantitative estimate of drug-likeness (QED) is 0.0713. The van der Waals surface area contributed by atoms with Crippen LogP contribution in [-0.4, -0.2) is 92.1 Å². The first-order chi connectivity index (χ1) is 21.9. The molecule has 0 saturated carbocycles. The zero-order chi connectivity index (χ0) is 35.5. The number of benzene rings is 1. The maximum absolute atomic E-state index is 13.7. The van der Waals surface area contributed by atoms with E-state index in [9.17, 15) is 38.4 Å². The van der Waals surface area contributed by atoms with Crippen molar-refractivity contribution in [3.8, 4) is 5.75 Å². The van der Waals surface area contributed by atoms with Crippen LogP contribution in [0.2, 0.25) is 0 Å². The molecule has 5 atom stereocenters. The van der Waals surface area contributed by atoms with Crippen molar-refractivity contribution in [2.24, 2.45) is 17.4 Å². The molecular formula is C29H43N6O11P. The second-order valence-electron chi connectivity index (χ2n) is 11.6. The van der Waals surface area contributed by atoms with Gasteiger partial charge in [0, 0.05) is 19.0 Å². The van der Waals surface area contributed by atoms with Crippen LogP contribution in [0.1, 0.15) is 58.4 Å². The number of likely N-dealkylation sites (tertiary alicyclic amines) is 1. The van der Waals surface area contributed by atoms with Crippen molar-refractivity contribution in [3.05, 3.63) is 35.9 Å². The number of nitrogens with zero attached hydrogens (tertiary/aromatic N) is 1. The summed E-state index contributed by atoms with van der Waals surface area (Å²) >= 11 is 0. The van der Waals surface area contributed by atoms with Gasteiger partial charge in [-0.1, -0.05) is 26.0 Å². The fourth-order valence-corrected chi connectivity index (χ4v) is 5.30. The van der Waals surface area contributed by atoms with Gasteiger partial charge in [0.2, 0.25) is 35.4 Å². The highest BCUT2D eigenvalue weighted by atomic mass is 31.2. The van der Waals surface area contributed by atoms with Gasteiger partial charge in [0.05, 0.1) is 6.10 Å². The number of phosphoric acid groups is 1. The number of aliphatic hydroxyl groups is 1. The Kier molecular flexibility index (Phi) is 14.5. The van der Waals surface area contributed by atoms with Crippen LogP contribution in [0.5, 0.6) is 5.75 Å². The minimum atomic E-state index is -4.78. The van der Waals surface area contributed by atoms with Crippen molar-refractivity contribution in [2.45, 2.75) is 83.1 Å². The highest BCUT2D eigenvalue weighted by molar-refractivity contribution is 7.46. The smallest absolute Gasteiger partial charge is 0.404 e. The largest absolute Gasteiger partial charge is 0.524 e. The van der Waals surface area contributed by atoms with Crippen molar-refractivity contribution in [2.75, 3.05) is 6.54 Å². The predicted molar refractivity (Wildman–Crippen MR) is 167 cm³/mol. The van der Waals surface area contributed by atoms with Gasteiger partial charge >= 0.3 is 7.82 Å². The lowest BCUT2D eigenvalue weighted by Gasteiger charge is -2.30. The number of hydrogen-bond donors (Lipinski definition) is 8. The molecule has 47 heavy (non-hydrogen) atoms. The van der Waals surface area contributed by atoms with Crippen LogP contribution in [0.25, 0.3) is 6.08 Å². The fraction of sp³-hybridized carbons (Fsp3) is 0.517. The fourth-order valence-electron chi connectivity index (χ4n) is 4.91. The second-order valence-corrected chi connectivity index (χ2v) is 12.7. The number of amides is 6. The third kappa shape index (κ3) is 13.1. The molecule has 0 radical (unpaired) electrons. The molecule has 1 aromatic carbocycles. The average molecular weight is 683 g/mol. The summed E-state index contributed by atoms with van der Waals surface area (Å²) in [5.41, 5.74) is 10.9. The first-order valence-electron chi connectivity index (χ1n) is 14.9. The number of nitrogens with one attached hydrogen (secondary N) is 3. The van der Waals surface area contributed by atoms with Crippen molar-refractivity contribution in [1.29, 1.82) is 0 Å². The van der Waals surface area contributed by atoms with Crippen LogP contribution in [0, 0.1) is 5.92 Å². The van der Waals surface area contributed by atoms with Crippen LogP contribution >= 0.6 is 7.82 Å². The van der Waals surface area contributed by atoms with Gasteiger partial charge in [0.1, 0.15) is 29.9 Å². The Morgan fingerprint density at radius 2 is 1.74 bits per heavy atom. The monoisotopic (exact) mass is 682 g/mol. The van der Waals surface area contributed by atoms with Gasteiger partial charge in [0.15, 0.2) is 0 Å². The summed E-state index contributed by atoms with van der Waals surface area (Å²) in [5, 5.41) is 17.2. The molecule has 1 aliphatic rings. The SMILES string of the molecule is CC(C)C[C@H](NC(=O)/C=C/c1cccc(OP(=O)(O)O)c1)C(=O)N1CCC[C@H]1C(=O)N[C@@H](CCC(N)=O)C(=O)N[C@H](C(N)=O)[C@@H](C)O. The number of hydrogen-bond acceptors (Lipinski definition) is 9. The van der Waals surface area contributed by atoms with E-state index >= 15 is 0 Å². The van der Waals surface area contributed by atoms with Crippen molar-refractivity contribution >= 4 is 49.3 Å². The summed E-state index contributed by atoms with van der Waals surface area (Å²) in [4.78, 5) is 95.4. The number of aliphatic hydroxyl groups excluding tert-OH is 1. The third-order valence-electron chi connectivity index (χ3n) is 7.07. The van der Waals surface area contributed by atoms with E-state index in [2.05, 4.69) is 20.5 Å². The van der Waals surface area contributed by atoms with Crippen LogP contribution in [0.3, 0.4) is 0 Å². The number of primary amides is 2. The molecule has 1 heterocycles. The van der Waals surface area contributed by atoms with Gasteiger partial charge < -0.3 is 41.9 Å². The predicted octanol–water partition coefficient (Wildman–Crippen LogP) is -1.21. The summed E-state index contributed by atoms with van der Waals surface area (Å²) in [6.07, 6.45) is 1.55. The summed E-state index contributed by atoms with van der Waals surface area (Å²) in [6.45, 7) is 5.11. The molecule has 2 rings (SSSR count). The second kappa shape index (κ2) is 17.6. The molecular weight excluding hydrogens is 639 g/mol. The van der Waals surface area contributed by atoms with Crippen LogP contribution in [0.15, 0.2) is 30.3 Å². The molecule has 1 aromatic rings.